The highest BCUT2D eigenvalue weighted by atomic mass is 35.5. The van der Waals surface area contributed by atoms with Crippen LogP contribution in [-0.2, 0) is 0 Å². The molecule has 2 aromatic carbocycles. The van der Waals surface area contributed by atoms with Crippen LogP contribution in [0.4, 0.5) is 4.39 Å². The highest BCUT2D eigenvalue weighted by molar-refractivity contribution is 8.00. The summed E-state index contributed by atoms with van der Waals surface area (Å²) in [4.78, 5) is 12.3. The second-order valence-corrected chi connectivity index (χ2v) is 6.74. The predicted octanol–water partition coefficient (Wildman–Crippen LogP) is 4.89. The lowest BCUT2D eigenvalue weighted by molar-refractivity contribution is 0.0993. The lowest BCUT2D eigenvalue weighted by atomic mass is 10.1. The van der Waals surface area contributed by atoms with E-state index in [2.05, 4.69) is 10.2 Å². The second kappa shape index (κ2) is 7.15. The Kier molecular flexibility index (Phi) is 4.97. The van der Waals surface area contributed by atoms with Crippen molar-refractivity contribution >= 4 is 29.1 Å². The molecule has 0 saturated heterocycles. The average Bonchev–Trinajstić information content (AvgIpc) is 3.04. The van der Waals surface area contributed by atoms with Gasteiger partial charge in [0.15, 0.2) is 5.78 Å². The van der Waals surface area contributed by atoms with Gasteiger partial charge in [-0.3, -0.25) is 4.79 Å². The molecule has 1 unspecified atom stereocenters. The normalized spacial score (nSPS) is 12.1. The fraction of sp³-hybridized carbons (Fsp3) is 0.118. The van der Waals surface area contributed by atoms with E-state index in [9.17, 15) is 9.18 Å². The van der Waals surface area contributed by atoms with Gasteiger partial charge >= 0.3 is 0 Å². The summed E-state index contributed by atoms with van der Waals surface area (Å²) in [6.45, 7) is 1.74. The number of hydrogen-bond donors (Lipinski definition) is 0. The first kappa shape index (κ1) is 16.7. The molecular formula is C17H12ClFN2O2S. The zero-order chi connectivity index (χ0) is 17.1. The maximum absolute atomic E-state index is 12.9. The van der Waals surface area contributed by atoms with Gasteiger partial charge < -0.3 is 4.42 Å². The van der Waals surface area contributed by atoms with E-state index in [0.717, 1.165) is 17.3 Å². The summed E-state index contributed by atoms with van der Waals surface area (Å²) in [6, 6.07) is 12.5. The molecule has 3 aromatic rings. The van der Waals surface area contributed by atoms with Crippen LogP contribution < -0.4 is 0 Å². The molecule has 0 saturated carbocycles. The molecule has 0 amide bonds. The van der Waals surface area contributed by atoms with Gasteiger partial charge in [-0.1, -0.05) is 23.4 Å². The molecule has 122 valence electrons. The maximum atomic E-state index is 12.9. The van der Waals surface area contributed by atoms with Gasteiger partial charge in [0.2, 0.25) is 5.89 Å². The van der Waals surface area contributed by atoms with Crippen molar-refractivity contribution in [2.24, 2.45) is 0 Å². The van der Waals surface area contributed by atoms with E-state index in [1.54, 1.807) is 31.2 Å². The van der Waals surface area contributed by atoms with E-state index in [4.69, 9.17) is 16.0 Å². The molecule has 0 radical (unpaired) electrons. The Balaban J connectivity index is 1.70. The molecule has 0 aliphatic heterocycles. The standard InChI is InChI=1S/C17H12ClFN2O2S/c1-10(15(22)11-4-8-14(19)9-5-11)24-17-21-20-16(23-17)12-2-6-13(18)7-3-12/h2-10H,1H3. The first-order chi connectivity index (χ1) is 11.5. The second-order valence-electron chi connectivity index (χ2n) is 5.01. The third-order valence-electron chi connectivity index (χ3n) is 3.27. The summed E-state index contributed by atoms with van der Waals surface area (Å²) in [5, 5.41) is 8.39. The van der Waals surface area contributed by atoms with Gasteiger partial charge in [0.1, 0.15) is 5.82 Å². The predicted molar refractivity (Wildman–Crippen MR) is 90.8 cm³/mol. The topological polar surface area (TPSA) is 56.0 Å². The van der Waals surface area contributed by atoms with Crippen LogP contribution in [0.1, 0.15) is 17.3 Å². The smallest absolute Gasteiger partial charge is 0.277 e. The maximum Gasteiger partial charge on any atom is 0.277 e. The van der Waals surface area contributed by atoms with Crippen LogP contribution in [0.2, 0.25) is 5.02 Å². The van der Waals surface area contributed by atoms with Crippen LogP contribution in [-0.4, -0.2) is 21.2 Å². The summed E-state index contributed by atoms with van der Waals surface area (Å²) in [7, 11) is 0. The third kappa shape index (κ3) is 3.83. The fourth-order valence-electron chi connectivity index (χ4n) is 2.02. The van der Waals surface area contributed by atoms with Gasteiger partial charge in [0.25, 0.3) is 5.22 Å². The van der Waals surface area contributed by atoms with Crippen molar-refractivity contribution < 1.29 is 13.6 Å². The third-order valence-corrected chi connectivity index (χ3v) is 4.46. The summed E-state index contributed by atoms with van der Waals surface area (Å²) in [5.74, 6) is -0.154. The molecule has 3 rings (SSSR count). The number of thioether (sulfide) groups is 1. The van der Waals surface area contributed by atoms with Crippen LogP contribution in [0.25, 0.3) is 11.5 Å². The van der Waals surface area contributed by atoms with Crippen molar-refractivity contribution in [2.45, 2.75) is 17.4 Å². The lowest BCUT2D eigenvalue weighted by Gasteiger charge is -2.07. The van der Waals surface area contributed by atoms with Crippen molar-refractivity contribution in [1.29, 1.82) is 0 Å². The Labute approximate surface area is 147 Å². The minimum Gasteiger partial charge on any atom is -0.411 e. The molecule has 0 fully saturated rings. The number of rotatable bonds is 5. The van der Waals surface area contributed by atoms with E-state index in [0.29, 0.717) is 21.7 Å². The number of nitrogens with zero attached hydrogens (tertiary/aromatic N) is 2. The summed E-state index contributed by atoms with van der Waals surface area (Å²) in [6.07, 6.45) is 0. The molecule has 0 spiro atoms. The minimum atomic E-state index is -0.436. The van der Waals surface area contributed by atoms with Gasteiger partial charge in [0.05, 0.1) is 5.25 Å². The number of carbonyl (C=O) groups excluding carboxylic acids is 1. The summed E-state index contributed by atoms with van der Waals surface area (Å²) < 4.78 is 18.5. The number of benzene rings is 2. The van der Waals surface area contributed by atoms with Gasteiger partial charge in [0, 0.05) is 16.1 Å². The molecule has 7 heteroatoms. The Morgan fingerprint density at radius 2 is 1.79 bits per heavy atom. The quantitative estimate of drug-likeness (QED) is 0.477. The van der Waals surface area contributed by atoms with E-state index in [1.165, 1.54) is 24.3 Å². The molecule has 1 aromatic heterocycles. The zero-order valence-electron chi connectivity index (χ0n) is 12.6. The van der Waals surface area contributed by atoms with Gasteiger partial charge in [-0.05, 0) is 55.5 Å². The molecule has 0 N–H and O–H groups in total. The molecular weight excluding hydrogens is 351 g/mol. The number of aromatic nitrogens is 2. The first-order valence-corrected chi connectivity index (χ1v) is 8.34. The van der Waals surface area contributed by atoms with Crippen LogP contribution in [0.5, 0.6) is 0 Å². The number of ketones is 1. The highest BCUT2D eigenvalue weighted by Gasteiger charge is 2.20. The van der Waals surface area contributed by atoms with Gasteiger partial charge in [-0.15, -0.1) is 10.2 Å². The SMILES string of the molecule is CC(Sc1nnc(-c2ccc(Cl)cc2)o1)C(=O)c1ccc(F)cc1. The molecule has 1 atom stereocenters. The van der Waals surface area contributed by atoms with E-state index < -0.39 is 5.25 Å². The molecule has 1 heterocycles. The molecule has 0 aliphatic carbocycles. The first-order valence-electron chi connectivity index (χ1n) is 7.09. The monoisotopic (exact) mass is 362 g/mol. The minimum absolute atomic E-state index is 0.133. The average molecular weight is 363 g/mol. The number of carbonyl (C=O) groups is 1. The van der Waals surface area contributed by atoms with Crippen LogP contribution in [0.15, 0.2) is 58.2 Å². The summed E-state index contributed by atoms with van der Waals surface area (Å²) >= 11 is 7.00. The Morgan fingerprint density at radius 3 is 2.46 bits per heavy atom. The van der Waals surface area contributed by atoms with Crippen LogP contribution in [0, 0.1) is 5.82 Å². The van der Waals surface area contributed by atoms with Gasteiger partial charge in [-0.25, -0.2) is 4.39 Å². The van der Waals surface area contributed by atoms with E-state index in [1.807, 2.05) is 0 Å². The van der Waals surface area contributed by atoms with Crippen molar-refractivity contribution in [3.05, 3.63) is 64.9 Å². The van der Waals surface area contributed by atoms with Crippen LogP contribution in [0.3, 0.4) is 0 Å². The number of hydrogen-bond acceptors (Lipinski definition) is 5. The largest absolute Gasteiger partial charge is 0.411 e. The fourth-order valence-corrected chi connectivity index (χ4v) is 2.91. The zero-order valence-corrected chi connectivity index (χ0v) is 14.1. The lowest BCUT2D eigenvalue weighted by Crippen LogP contribution is -2.13. The van der Waals surface area contributed by atoms with E-state index >= 15 is 0 Å². The molecule has 0 bridgehead atoms. The summed E-state index contributed by atoms with van der Waals surface area (Å²) in [5.41, 5.74) is 1.19. The molecule has 4 nitrogen and oxygen atoms in total. The Bertz CT molecular complexity index is 850. The van der Waals surface area contributed by atoms with Crippen molar-refractivity contribution in [3.8, 4) is 11.5 Å². The number of Topliss-reactive ketones (excluding diaryl/α,β-unsaturated/α-hetero) is 1. The van der Waals surface area contributed by atoms with Crippen molar-refractivity contribution in [2.75, 3.05) is 0 Å². The van der Waals surface area contributed by atoms with E-state index in [-0.39, 0.29) is 11.6 Å². The molecule has 24 heavy (non-hydrogen) atoms. The van der Waals surface area contributed by atoms with Gasteiger partial charge in [-0.2, -0.15) is 0 Å². The van der Waals surface area contributed by atoms with Crippen molar-refractivity contribution in [3.63, 3.8) is 0 Å². The molecule has 0 aliphatic rings. The highest BCUT2D eigenvalue weighted by Crippen LogP contribution is 2.28. The number of halogens is 2. The Morgan fingerprint density at radius 1 is 1.12 bits per heavy atom. The Hall–Kier alpha value is -2.18. The van der Waals surface area contributed by atoms with Crippen LogP contribution >= 0.6 is 23.4 Å². The van der Waals surface area contributed by atoms with Crippen molar-refractivity contribution in [1.82, 2.24) is 10.2 Å².